The van der Waals surface area contributed by atoms with Crippen LogP contribution in [-0.2, 0) is 16.0 Å². The van der Waals surface area contributed by atoms with E-state index in [0.29, 0.717) is 5.56 Å². The Bertz CT molecular complexity index is 640. The Morgan fingerprint density at radius 1 is 1.39 bits per heavy atom. The largest absolute Gasteiger partial charge is 0.367 e. The Hall–Kier alpha value is -2.58. The Labute approximate surface area is 131 Å². The summed E-state index contributed by atoms with van der Waals surface area (Å²) in [6.45, 7) is 3.53. The minimum absolute atomic E-state index is 0.106. The third-order valence-electron chi connectivity index (χ3n) is 3.86. The summed E-state index contributed by atoms with van der Waals surface area (Å²) >= 11 is 0. The fraction of sp³-hybridized carbons (Fsp3) is 0.333. The number of aliphatic hydroxyl groups excluding tert-OH is 1. The van der Waals surface area contributed by atoms with Crippen molar-refractivity contribution in [3.63, 3.8) is 0 Å². The number of aliphatic hydroxyl groups is 2. The molecule has 0 aromatic heterocycles. The van der Waals surface area contributed by atoms with Gasteiger partial charge in [-0.2, -0.15) is 0 Å². The van der Waals surface area contributed by atoms with Crippen LogP contribution in [0.5, 0.6) is 0 Å². The van der Waals surface area contributed by atoms with E-state index in [-0.39, 0.29) is 12.1 Å². The molecule has 8 nitrogen and oxygen atoms in total. The molecule has 3 atom stereocenters. The number of benzene rings is 1. The zero-order valence-corrected chi connectivity index (χ0v) is 12.1. The number of ketones is 1. The highest BCUT2D eigenvalue weighted by atomic mass is 16.6. The summed E-state index contributed by atoms with van der Waals surface area (Å²) in [6, 6.07) is 4.87. The second kappa shape index (κ2) is 6.67. The van der Waals surface area contributed by atoms with Crippen LogP contribution >= 0.6 is 0 Å². The molecule has 1 aliphatic heterocycles. The lowest BCUT2D eigenvalue weighted by Crippen LogP contribution is -2.63. The van der Waals surface area contributed by atoms with Crippen LogP contribution in [0.15, 0.2) is 36.9 Å². The Morgan fingerprint density at radius 3 is 2.43 bits per heavy atom. The fourth-order valence-corrected chi connectivity index (χ4v) is 2.62. The topological polar surface area (TPSA) is 130 Å². The summed E-state index contributed by atoms with van der Waals surface area (Å²) in [6.07, 6.45) is -0.701. The van der Waals surface area contributed by atoms with E-state index in [9.17, 15) is 29.9 Å². The molecule has 0 radical (unpaired) electrons. The maximum Gasteiger partial charge on any atom is 0.269 e. The molecule has 23 heavy (non-hydrogen) atoms. The minimum Gasteiger partial charge on any atom is -0.367 e. The number of nitrogens with one attached hydrogen (secondary N) is 1. The third kappa shape index (κ3) is 3.43. The number of non-ortho nitro benzene ring substituents is 1. The Morgan fingerprint density at radius 2 is 2.00 bits per heavy atom. The van der Waals surface area contributed by atoms with Gasteiger partial charge in [0, 0.05) is 18.6 Å². The second-order valence-electron chi connectivity index (χ2n) is 5.30. The summed E-state index contributed by atoms with van der Waals surface area (Å²) in [5.74, 6) is -3.12. The van der Waals surface area contributed by atoms with Crippen molar-refractivity contribution in [2.75, 3.05) is 0 Å². The first-order valence-corrected chi connectivity index (χ1v) is 6.90. The van der Waals surface area contributed by atoms with E-state index in [0.717, 1.165) is 0 Å². The molecule has 8 heteroatoms. The van der Waals surface area contributed by atoms with Crippen LogP contribution in [0.25, 0.3) is 0 Å². The molecule has 1 saturated heterocycles. The average molecular weight is 320 g/mol. The van der Waals surface area contributed by atoms with E-state index >= 15 is 0 Å². The molecule has 0 bridgehead atoms. The highest BCUT2D eigenvalue weighted by Gasteiger charge is 2.48. The smallest absolute Gasteiger partial charge is 0.269 e. The maximum absolute atomic E-state index is 12.3. The lowest BCUT2D eigenvalue weighted by molar-refractivity contribution is -0.384. The zero-order chi connectivity index (χ0) is 17.1. The van der Waals surface area contributed by atoms with E-state index in [1.54, 1.807) is 0 Å². The van der Waals surface area contributed by atoms with Gasteiger partial charge in [-0.1, -0.05) is 18.2 Å². The summed E-state index contributed by atoms with van der Waals surface area (Å²) in [7, 11) is 0. The Balaban J connectivity index is 2.14. The number of Topliss-reactive ketones (excluding diaryl/α,β-unsaturated/α-hetero) is 1. The molecule has 1 fully saturated rings. The van der Waals surface area contributed by atoms with E-state index in [4.69, 9.17) is 0 Å². The molecule has 3 unspecified atom stereocenters. The second-order valence-corrected chi connectivity index (χ2v) is 5.30. The van der Waals surface area contributed by atoms with Gasteiger partial charge in [0.05, 0.1) is 22.8 Å². The monoisotopic (exact) mass is 320 g/mol. The van der Waals surface area contributed by atoms with Crippen LogP contribution in [0.4, 0.5) is 5.69 Å². The van der Waals surface area contributed by atoms with Gasteiger partial charge in [0.2, 0.25) is 5.91 Å². The minimum atomic E-state index is -1.97. The molecule has 122 valence electrons. The number of hydrogen-bond donors (Lipinski definition) is 3. The normalized spacial score (nSPS) is 21.3. The first-order valence-electron chi connectivity index (χ1n) is 6.90. The van der Waals surface area contributed by atoms with Gasteiger partial charge in [-0.25, -0.2) is 0 Å². The SMILES string of the molecule is C=CC1NC(=O)C1C(C(=O)Cc1ccc([N+](=O)[O-])cc1)C(O)O. The fourth-order valence-electron chi connectivity index (χ4n) is 2.62. The number of rotatable bonds is 7. The molecule has 2 rings (SSSR count). The first kappa shape index (κ1) is 16.8. The zero-order valence-electron chi connectivity index (χ0n) is 12.1. The number of nitrogens with zero attached hydrogens (tertiary/aromatic N) is 1. The van der Waals surface area contributed by atoms with E-state index in [1.165, 1.54) is 30.3 Å². The molecule has 1 amide bonds. The van der Waals surface area contributed by atoms with E-state index < -0.39 is 40.8 Å². The van der Waals surface area contributed by atoms with Gasteiger partial charge in [-0.3, -0.25) is 19.7 Å². The number of β-lactam (4-membered cyclic amide) rings is 1. The van der Waals surface area contributed by atoms with Gasteiger partial charge in [0.1, 0.15) is 5.78 Å². The molecule has 1 aromatic carbocycles. The van der Waals surface area contributed by atoms with E-state index in [2.05, 4.69) is 11.9 Å². The quantitative estimate of drug-likeness (QED) is 0.212. The Kier molecular flexibility index (Phi) is 4.87. The van der Waals surface area contributed by atoms with Crippen LogP contribution in [0.1, 0.15) is 5.56 Å². The number of nitro benzene ring substituents is 1. The van der Waals surface area contributed by atoms with Crippen molar-refractivity contribution in [3.05, 3.63) is 52.6 Å². The van der Waals surface area contributed by atoms with Crippen molar-refractivity contribution in [2.24, 2.45) is 11.8 Å². The summed E-state index contributed by atoms with van der Waals surface area (Å²) < 4.78 is 0. The van der Waals surface area contributed by atoms with Crippen molar-refractivity contribution in [1.82, 2.24) is 5.32 Å². The number of carbonyl (C=O) groups is 2. The van der Waals surface area contributed by atoms with Gasteiger partial charge in [0.15, 0.2) is 6.29 Å². The highest BCUT2D eigenvalue weighted by Crippen LogP contribution is 2.29. The van der Waals surface area contributed by atoms with Crippen LogP contribution < -0.4 is 5.32 Å². The standard InChI is InChI=1S/C15H16N2O6/c1-2-10-12(14(19)16-10)13(15(20)21)11(18)7-8-3-5-9(6-4-8)17(22)23/h2-6,10,12-13,15,20-21H,1,7H2,(H,16,19). The lowest BCUT2D eigenvalue weighted by Gasteiger charge is -2.39. The first-order chi connectivity index (χ1) is 10.8. The maximum atomic E-state index is 12.3. The number of amides is 1. The van der Waals surface area contributed by atoms with Crippen molar-refractivity contribution in [1.29, 1.82) is 0 Å². The van der Waals surface area contributed by atoms with Gasteiger partial charge in [0.25, 0.3) is 5.69 Å². The summed E-state index contributed by atoms with van der Waals surface area (Å²) in [4.78, 5) is 34.0. The van der Waals surface area contributed by atoms with Crippen molar-refractivity contribution in [3.8, 4) is 0 Å². The lowest BCUT2D eigenvalue weighted by atomic mass is 9.75. The molecule has 1 aromatic rings. The number of hydrogen-bond acceptors (Lipinski definition) is 6. The van der Waals surface area contributed by atoms with Crippen LogP contribution in [0, 0.1) is 22.0 Å². The van der Waals surface area contributed by atoms with Gasteiger partial charge in [-0.15, -0.1) is 6.58 Å². The average Bonchev–Trinajstić information content (AvgIpc) is 2.49. The molecular formula is C15H16N2O6. The molecule has 0 saturated carbocycles. The molecule has 0 aliphatic carbocycles. The molecule has 3 N–H and O–H groups in total. The van der Waals surface area contributed by atoms with Crippen LogP contribution in [0.2, 0.25) is 0 Å². The van der Waals surface area contributed by atoms with E-state index in [1.807, 2.05) is 0 Å². The molecule has 1 heterocycles. The van der Waals surface area contributed by atoms with Crippen molar-refractivity contribution >= 4 is 17.4 Å². The van der Waals surface area contributed by atoms with Crippen LogP contribution in [-0.4, -0.2) is 39.2 Å². The molecule has 1 aliphatic rings. The molecule has 0 spiro atoms. The van der Waals surface area contributed by atoms with Gasteiger partial charge < -0.3 is 15.5 Å². The third-order valence-corrected chi connectivity index (χ3v) is 3.86. The summed E-state index contributed by atoms with van der Waals surface area (Å²) in [5, 5.41) is 32.1. The summed E-state index contributed by atoms with van der Waals surface area (Å²) in [5.41, 5.74) is 0.381. The van der Waals surface area contributed by atoms with Gasteiger partial charge >= 0.3 is 0 Å². The predicted octanol–water partition coefficient (Wildman–Crippen LogP) is -0.0661. The van der Waals surface area contributed by atoms with Gasteiger partial charge in [-0.05, 0) is 5.56 Å². The molecular weight excluding hydrogens is 304 g/mol. The number of carbonyl (C=O) groups excluding carboxylic acids is 2. The van der Waals surface area contributed by atoms with Crippen LogP contribution in [0.3, 0.4) is 0 Å². The van der Waals surface area contributed by atoms with Crippen molar-refractivity contribution in [2.45, 2.75) is 18.8 Å². The predicted molar refractivity (Wildman–Crippen MR) is 79.1 cm³/mol. The van der Waals surface area contributed by atoms with Crippen molar-refractivity contribution < 1.29 is 24.7 Å². The highest BCUT2D eigenvalue weighted by molar-refractivity contribution is 5.94. The number of nitro groups is 1.